The fraction of sp³-hybridized carbons (Fsp3) is 0.647. The Kier molecular flexibility index (Phi) is 5.49. The number of allylic oxidation sites excluding steroid dienone is 4. The summed E-state index contributed by atoms with van der Waals surface area (Å²) in [5.74, 6) is -3.98. The van der Waals surface area contributed by atoms with E-state index in [2.05, 4.69) is 10.4 Å². The van der Waals surface area contributed by atoms with E-state index in [9.17, 15) is 31.2 Å². The molecule has 0 aromatic rings. The molecule has 2 aliphatic carbocycles. The number of rotatable bonds is 3. The smallest absolute Gasteiger partial charge is 0.272 e. The van der Waals surface area contributed by atoms with Gasteiger partial charge in [-0.2, -0.15) is 21.6 Å². The first kappa shape index (κ1) is 20.1. The van der Waals surface area contributed by atoms with Crippen molar-refractivity contribution < 1.29 is 35.5 Å². The normalized spacial score (nSPS) is 32.3. The molecule has 4 unspecified atom stereocenters. The van der Waals surface area contributed by atoms with Gasteiger partial charge in [-0.15, -0.1) is 9.35 Å². The van der Waals surface area contributed by atoms with Crippen molar-refractivity contribution in [3.8, 4) is 0 Å². The Morgan fingerprint density at radius 1 is 1.00 bits per heavy atom. The lowest BCUT2D eigenvalue weighted by Gasteiger charge is -2.30. The number of alkyl halides is 3. The summed E-state index contributed by atoms with van der Waals surface area (Å²) in [6.45, 7) is 0. The Morgan fingerprint density at radius 2 is 1.67 bits per heavy atom. The second-order valence-electron chi connectivity index (χ2n) is 7.08. The molecule has 1 saturated heterocycles. The topological polar surface area (TPSA) is 80.8 Å². The van der Waals surface area contributed by atoms with Gasteiger partial charge in [0.05, 0.1) is 11.8 Å². The third-order valence-electron chi connectivity index (χ3n) is 5.48. The van der Waals surface area contributed by atoms with Gasteiger partial charge in [0, 0.05) is 0 Å². The third-order valence-corrected chi connectivity index (χ3v) is 6.39. The predicted molar refractivity (Wildman–Crippen MR) is 87.9 cm³/mol. The quantitative estimate of drug-likeness (QED) is 0.408. The van der Waals surface area contributed by atoms with Gasteiger partial charge >= 0.3 is 15.6 Å². The van der Waals surface area contributed by atoms with E-state index in [1.54, 1.807) is 6.08 Å². The van der Waals surface area contributed by atoms with E-state index in [4.69, 9.17) is 0 Å². The summed E-state index contributed by atoms with van der Waals surface area (Å²) in [5.41, 5.74) is -5.72. The highest BCUT2D eigenvalue weighted by Crippen LogP contribution is 2.45. The van der Waals surface area contributed by atoms with Gasteiger partial charge in [0.25, 0.3) is 11.8 Å². The van der Waals surface area contributed by atoms with Gasteiger partial charge in [-0.3, -0.25) is 9.59 Å². The second kappa shape index (κ2) is 7.38. The Hall–Kier alpha value is -1.68. The van der Waals surface area contributed by atoms with Gasteiger partial charge in [-0.25, -0.2) is 0 Å². The average molecular weight is 407 g/mol. The van der Waals surface area contributed by atoms with Gasteiger partial charge in [-0.1, -0.05) is 24.3 Å². The van der Waals surface area contributed by atoms with Crippen molar-refractivity contribution in [1.29, 1.82) is 0 Å². The molecule has 0 aromatic heterocycles. The van der Waals surface area contributed by atoms with E-state index >= 15 is 0 Å². The van der Waals surface area contributed by atoms with Crippen molar-refractivity contribution in [3.05, 3.63) is 24.3 Å². The highest BCUT2D eigenvalue weighted by Gasteiger charge is 2.57. The van der Waals surface area contributed by atoms with Crippen molar-refractivity contribution in [2.75, 3.05) is 0 Å². The van der Waals surface area contributed by atoms with Crippen LogP contribution in [-0.4, -0.2) is 30.8 Å². The van der Waals surface area contributed by atoms with E-state index in [1.165, 1.54) is 0 Å². The molecule has 0 saturated carbocycles. The number of nitrogens with zero attached hydrogens (tertiary/aromatic N) is 1. The molecule has 3 rings (SSSR count). The summed E-state index contributed by atoms with van der Waals surface area (Å²) in [6.07, 6.45) is 11.7. The van der Waals surface area contributed by atoms with Crippen molar-refractivity contribution in [2.45, 2.75) is 44.0 Å². The van der Waals surface area contributed by atoms with Crippen LogP contribution >= 0.6 is 0 Å². The zero-order chi connectivity index (χ0) is 19.8. The lowest BCUT2D eigenvalue weighted by molar-refractivity contribution is -0.169. The summed E-state index contributed by atoms with van der Waals surface area (Å²) in [7, 11) is -6.09. The van der Waals surface area contributed by atoms with E-state index in [-0.39, 0.29) is 23.3 Å². The highest BCUT2D eigenvalue weighted by atomic mass is 32.2. The summed E-state index contributed by atoms with van der Waals surface area (Å²) in [6, 6.07) is 0. The maximum absolute atomic E-state index is 12.7. The average Bonchev–Trinajstić information content (AvgIpc) is 2.87. The van der Waals surface area contributed by atoms with Crippen LogP contribution in [0.1, 0.15) is 38.5 Å². The number of carbonyl (C=O) groups is 2. The number of hydroxylamine groups is 2. The maximum Gasteiger partial charge on any atom is 0.525 e. The monoisotopic (exact) mass is 407 g/mol. The molecule has 1 heterocycles. The van der Waals surface area contributed by atoms with Crippen molar-refractivity contribution >= 4 is 21.9 Å². The summed E-state index contributed by atoms with van der Waals surface area (Å²) in [5, 5.41) is -0.184. The van der Waals surface area contributed by atoms with Crippen LogP contribution in [0.3, 0.4) is 0 Å². The van der Waals surface area contributed by atoms with Crippen LogP contribution in [0.25, 0.3) is 0 Å². The lowest BCUT2D eigenvalue weighted by atomic mass is 9.72. The molecule has 2 amide bonds. The van der Waals surface area contributed by atoms with Crippen LogP contribution < -0.4 is 0 Å². The zero-order valence-electron chi connectivity index (χ0n) is 14.4. The van der Waals surface area contributed by atoms with Crippen LogP contribution in [0.15, 0.2) is 24.3 Å². The number of hydrogen-bond donors (Lipinski definition) is 0. The fourth-order valence-electron chi connectivity index (χ4n) is 4.19. The number of hydrogen-bond acceptors (Lipinski definition) is 5. The van der Waals surface area contributed by atoms with Crippen LogP contribution in [0.2, 0.25) is 0 Å². The van der Waals surface area contributed by atoms with Crippen LogP contribution in [0.4, 0.5) is 13.2 Å². The Morgan fingerprint density at radius 3 is 2.37 bits per heavy atom. The van der Waals surface area contributed by atoms with E-state index in [0.29, 0.717) is 12.8 Å². The minimum absolute atomic E-state index is 0.0925. The summed E-state index contributed by atoms with van der Waals surface area (Å²) < 4.78 is 64.3. The molecular weight excluding hydrogens is 387 g/mol. The number of amides is 2. The molecule has 6 nitrogen and oxygen atoms in total. The minimum atomic E-state index is -6.09. The van der Waals surface area contributed by atoms with Crippen LogP contribution in [-0.2, 0) is 24.0 Å². The maximum atomic E-state index is 12.7. The number of halogens is 3. The number of carbonyl (C=O) groups excluding carboxylic acids is 2. The molecule has 0 bridgehead atoms. The summed E-state index contributed by atoms with van der Waals surface area (Å²) in [4.78, 5) is 25.3. The fourth-order valence-corrected chi connectivity index (χ4v) is 4.61. The molecule has 4 atom stereocenters. The first-order valence-electron chi connectivity index (χ1n) is 8.82. The molecule has 0 spiro atoms. The largest absolute Gasteiger partial charge is 0.525 e. The second-order valence-corrected chi connectivity index (χ2v) is 8.60. The summed E-state index contributed by atoms with van der Waals surface area (Å²) >= 11 is 0. The molecule has 27 heavy (non-hydrogen) atoms. The Labute approximate surface area is 155 Å². The third kappa shape index (κ3) is 3.82. The van der Waals surface area contributed by atoms with E-state index in [1.807, 2.05) is 12.2 Å². The predicted octanol–water partition coefficient (Wildman–Crippen LogP) is 3.08. The highest BCUT2D eigenvalue weighted by molar-refractivity contribution is 7.87. The number of imide groups is 1. The van der Waals surface area contributed by atoms with Gasteiger partial charge < -0.3 is 0 Å². The molecule has 10 heteroatoms. The van der Waals surface area contributed by atoms with Crippen molar-refractivity contribution in [3.63, 3.8) is 0 Å². The van der Waals surface area contributed by atoms with E-state index in [0.717, 1.165) is 19.3 Å². The standard InChI is InChI=1S/C17H20F3NO5S/c18-17(19,20)27(24,25)26-21-15(22)13-10-6-5-9-12(14(13)16(21)23)11-7-3-1-2-4-8-11/h1,3,5-6,11-14H,2,4,7-10H2. The SMILES string of the molecule is O=C1C2CC=CCC(C3CC=CCCC3)C2C(=O)N1OS(=O)(=O)C(F)(F)F. The van der Waals surface area contributed by atoms with Crippen LogP contribution in [0, 0.1) is 23.7 Å². The molecule has 1 aliphatic heterocycles. The molecule has 150 valence electrons. The molecule has 0 radical (unpaired) electrons. The van der Waals surface area contributed by atoms with Gasteiger partial charge in [-0.05, 0) is 50.4 Å². The van der Waals surface area contributed by atoms with E-state index < -0.39 is 39.3 Å². The van der Waals surface area contributed by atoms with Gasteiger partial charge in [0.1, 0.15) is 0 Å². The minimum Gasteiger partial charge on any atom is -0.272 e. The lowest BCUT2D eigenvalue weighted by Crippen LogP contribution is -2.39. The molecule has 3 aliphatic rings. The van der Waals surface area contributed by atoms with Gasteiger partial charge in [0.15, 0.2) is 0 Å². The van der Waals surface area contributed by atoms with Gasteiger partial charge in [0.2, 0.25) is 0 Å². The van der Waals surface area contributed by atoms with Crippen molar-refractivity contribution in [1.82, 2.24) is 5.06 Å². The van der Waals surface area contributed by atoms with Crippen LogP contribution in [0.5, 0.6) is 0 Å². The number of fused-ring (bicyclic) bond motifs is 1. The van der Waals surface area contributed by atoms with Crippen molar-refractivity contribution in [2.24, 2.45) is 23.7 Å². The first-order valence-corrected chi connectivity index (χ1v) is 10.2. The molecular formula is C17H20F3NO5S. The first-order chi connectivity index (χ1) is 12.6. The molecule has 0 aromatic carbocycles. The zero-order valence-corrected chi connectivity index (χ0v) is 15.2. The molecule has 0 N–H and O–H groups in total. The Balaban J connectivity index is 1.89. The molecule has 1 fully saturated rings. The Bertz CT molecular complexity index is 774.